The van der Waals surface area contributed by atoms with Crippen LogP contribution in [-0.2, 0) is 11.3 Å². The molecule has 2 amide bonds. The molecule has 0 aliphatic carbocycles. The van der Waals surface area contributed by atoms with E-state index in [2.05, 4.69) is 10.6 Å². The second-order valence-electron chi connectivity index (χ2n) is 4.98. The molecule has 1 fully saturated rings. The van der Waals surface area contributed by atoms with Crippen molar-refractivity contribution in [2.75, 3.05) is 13.7 Å². The smallest absolute Gasteiger partial charge is 0.315 e. The summed E-state index contributed by atoms with van der Waals surface area (Å²) in [5.74, 6) is 0.778. The van der Waals surface area contributed by atoms with Crippen molar-refractivity contribution < 1.29 is 14.3 Å². The maximum absolute atomic E-state index is 11.9. The molecule has 1 saturated heterocycles. The van der Waals surface area contributed by atoms with Crippen LogP contribution in [0.1, 0.15) is 25.3 Å². The van der Waals surface area contributed by atoms with Gasteiger partial charge in [0.15, 0.2) is 0 Å². The lowest BCUT2D eigenvalue weighted by molar-refractivity contribution is 0.0860. The van der Waals surface area contributed by atoms with E-state index in [1.54, 1.807) is 7.11 Å². The maximum atomic E-state index is 11.9. The van der Waals surface area contributed by atoms with Crippen LogP contribution >= 0.6 is 0 Å². The van der Waals surface area contributed by atoms with Crippen molar-refractivity contribution in [3.63, 3.8) is 0 Å². The lowest BCUT2D eigenvalue weighted by atomic mass is 10.1. The molecule has 0 unspecified atom stereocenters. The minimum absolute atomic E-state index is 0.0233. The molecule has 1 heterocycles. The van der Waals surface area contributed by atoms with E-state index in [-0.39, 0.29) is 18.2 Å². The number of urea groups is 1. The zero-order valence-corrected chi connectivity index (χ0v) is 12.0. The van der Waals surface area contributed by atoms with E-state index < -0.39 is 0 Å². The van der Waals surface area contributed by atoms with E-state index in [9.17, 15) is 4.79 Å². The van der Waals surface area contributed by atoms with E-state index in [4.69, 9.17) is 9.47 Å². The number of para-hydroxylation sites is 1. The molecule has 2 rings (SSSR count). The molecule has 5 heteroatoms. The minimum atomic E-state index is -0.182. The van der Waals surface area contributed by atoms with Gasteiger partial charge in [-0.05, 0) is 25.8 Å². The first-order chi connectivity index (χ1) is 9.70. The molecular weight excluding hydrogens is 256 g/mol. The monoisotopic (exact) mass is 278 g/mol. The number of amides is 2. The zero-order valence-electron chi connectivity index (χ0n) is 12.0. The SMILES string of the molecule is COc1ccccc1CNC(=O)N[C@@H](C)[C@@H]1CCCO1. The summed E-state index contributed by atoms with van der Waals surface area (Å²) in [6, 6.07) is 7.48. The molecule has 1 aromatic carbocycles. The van der Waals surface area contributed by atoms with E-state index in [0.29, 0.717) is 6.54 Å². The number of carbonyl (C=O) groups excluding carboxylic acids is 1. The van der Waals surface area contributed by atoms with Crippen molar-refractivity contribution >= 4 is 6.03 Å². The Morgan fingerprint density at radius 1 is 1.50 bits per heavy atom. The quantitative estimate of drug-likeness (QED) is 0.866. The van der Waals surface area contributed by atoms with E-state index >= 15 is 0 Å². The molecule has 5 nitrogen and oxygen atoms in total. The van der Waals surface area contributed by atoms with E-state index in [1.165, 1.54) is 0 Å². The average molecular weight is 278 g/mol. The van der Waals surface area contributed by atoms with Gasteiger partial charge in [0.2, 0.25) is 0 Å². The Bertz CT molecular complexity index is 444. The van der Waals surface area contributed by atoms with Crippen LogP contribution < -0.4 is 15.4 Å². The second-order valence-corrected chi connectivity index (χ2v) is 4.98. The summed E-state index contributed by atoms with van der Waals surface area (Å²) in [6.07, 6.45) is 2.21. The first kappa shape index (κ1) is 14.7. The highest BCUT2D eigenvalue weighted by atomic mass is 16.5. The standard InChI is InChI=1S/C15H22N2O3/c1-11(13-8-5-9-20-13)17-15(18)16-10-12-6-3-4-7-14(12)19-2/h3-4,6-7,11,13H,5,8-10H2,1-2H3,(H2,16,17,18)/t11-,13-/m0/s1. The number of rotatable bonds is 5. The summed E-state index contributed by atoms with van der Waals surface area (Å²) in [5.41, 5.74) is 0.954. The minimum Gasteiger partial charge on any atom is -0.496 e. The van der Waals surface area contributed by atoms with Gasteiger partial charge in [-0.1, -0.05) is 18.2 Å². The van der Waals surface area contributed by atoms with Crippen LogP contribution in [0.15, 0.2) is 24.3 Å². The molecule has 0 saturated carbocycles. The van der Waals surface area contributed by atoms with Gasteiger partial charge in [0.1, 0.15) is 5.75 Å². The molecule has 1 aromatic rings. The third-order valence-corrected chi connectivity index (χ3v) is 3.51. The largest absolute Gasteiger partial charge is 0.496 e. The van der Waals surface area contributed by atoms with Gasteiger partial charge < -0.3 is 20.1 Å². The fraction of sp³-hybridized carbons (Fsp3) is 0.533. The molecule has 110 valence electrons. The molecule has 2 N–H and O–H groups in total. The van der Waals surface area contributed by atoms with Gasteiger partial charge in [-0.2, -0.15) is 0 Å². The number of methoxy groups -OCH3 is 1. The van der Waals surface area contributed by atoms with Gasteiger partial charge in [-0.3, -0.25) is 0 Å². The molecule has 0 spiro atoms. The first-order valence-electron chi connectivity index (χ1n) is 6.98. The normalized spacial score (nSPS) is 19.4. The van der Waals surface area contributed by atoms with Gasteiger partial charge in [0.25, 0.3) is 0 Å². The third-order valence-electron chi connectivity index (χ3n) is 3.51. The van der Waals surface area contributed by atoms with Crippen molar-refractivity contribution in [1.29, 1.82) is 0 Å². The average Bonchev–Trinajstić information content (AvgIpc) is 2.99. The van der Waals surface area contributed by atoms with Crippen LogP contribution in [0, 0.1) is 0 Å². The first-order valence-corrected chi connectivity index (χ1v) is 6.98. The summed E-state index contributed by atoms with van der Waals surface area (Å²) in [5, 5.41) is 5.76. The van der Waals surface area contributed by atoms with E-state index in [0.717, 1.165) is 30.8 Å². The fourth-order valence-corrected chi connectivity index (χ4v) is 2.37. The fourth-order valence-electron chi connectivity index (χ4n) is 2.37. The molecule has 20 heavy (non-hydrogen) atoms. The predicted molar refractivity (Wildman–Crippen MR) is 76.8 cm³/mol. The van der Waals surface area contributed by atoms with Gasteiger partial charge >= 0.3 is 6.03 Å². The molecule has 1 aliphatic heterocycles. The maximum Gasteiger partial charge on any atom is 0.315 e. The second kappa shape index (κ2) is 7.14. The van der Waals surface area contributed by atoms with Gasteiger partial charge in [0, 0.05) is 18.7 Å². The third kappa shape index (κ3) is 3.87. The Morgan fingerprint density at radius 2 is 2.30 bits per heavy atom. The van der Waals surface area contributed by atoms with Crippen LogP contribution in [0.5, 0.6) is 5.75 Å². The lowest BCUT2D eigenvalue weighted by Gasteiger charge is -2.20. The Morgan fingerprint density at radius 3 is 3.00 bits per heavy atom. The number of hydrogen-bond donors (Lipinski definition) is 2. The Hall–Kier alpha value is -1.75. The lowest BCUT2D eigenvalue weighted by Crippen LogP contribution is -2.45. The summed E-state index contributed by atoms with van der Waals surface area (Å²) >= 11 is 0. The number of nitrogens with one attached hydrogen (secondary N) is 2. The molecule has 2 atom stereocenters. The van der Waals surface area contributed by atoms with Crippen LogP contribution in [0.25, 0.3) is 0 Å². The van der Waals surface area contributed by atoms with Crippen molar-refractivity contribution in [2.24, 2.45) is 0 Å². The molecule has 1 aliphatic rings. The molecule has 0 bridgehead atoms. The highest BCUT2D eigenvalue weighted by Crippen LogP contribution is 2.17. The van der Waals surface area contributed by atoms with Crippen molar-refractivity contribution in [3.8, 4) is 5.75 Å². The van der Waals surface area contributed by atoms with Gasteiger partial charge in [-0.15, -0.1) is 0 Å². The Labute approximate surface area is 119 Å². The summed E-state index contributed by atoms with van der Waals surface area (Å²) in [4.78, 5) is 11.9. The van der Waals surface area contributed by atoms with Crippen LogP contribution in [0.3, 0.4) is 0 Å². The Kier molecular flexibility index (Phi) is 5.24. The van der Waals surface area contributed by atoms with Gasteiger partial charge in [0.05, 0.1) is 19.3 Å². The number of ether oxygens (including phenoxy) is 2. The van der Waals surface area contributed by atoms with E-state index in [1.807, 2.05) is 31.2 Å². The van der Waals surface area contributed by atoms with Crippen molar-refractivity contribution in [1.82, 2.24) is 10.6 Å². The number of hydrogen-bond acceptors (Lipinski definition) is 3. The summed E-state index contributed by atoms with van der Waals surface area (Å²) < 4.78 is 10.8. The van der Waals surface area contributed by atoms with Crippen molar-refractivity contribution in [3.05, 3.63) is 29.8 Å². The zero-order chi connectivity index (χ0) is 14.4. The molecule has 0 radical (unpaired) electrons. The van der Waals surface area contributed by atoms with Crippen LogP contribution in [0.4, 0.5) is 4.79 Å². The van der Waals surface area contributed by atoms with Crippen LogP contribution in [0.2, 0.25) is 0 Å². The molecular formula is C15H22N2O3. The van der Waals surface area contributed by atoms with Crippen molar-refractivity contribution in [2.45, 2.75) is 38.5 Å². The highest BCUT2D eigenvalue weighted by Gasteiger charge is 2.23. The Balaban J connectivity index is 1.79. The summed E-state index contributed by atoms with van der Waals surface area (Å²) in [7, 11) is 1.62. The predicted octanol–water partition coefficient (Wildman–Crippen LogP) is 2.06. The highest BCUT2D eigenvalue weighted by molar-refractivity contribution is 5.74. The summed E-state index contributed by atoms with van der Waals surface area (Å²) in [6.45, 7) is 3.20. The van der Waals surface area contributed by atoms with Gasteiger partial charge in [-0.25, -0.2) is 4.79 Å². The molecule has 0 aromatic heterocycles. The number of benzene rings is 1. The van der Waals surface area contributed by atoms with Crippen LogP contribution in [-0.4, -0.2) is 31.9 Å². The topological polar surface area (TPSA) is 59.6 Å². The number of carbonyl (C=O) groups is 1.